The second-order valence-corrected chi connectivity index (χ2v) is 5.55. The first-order valence-electron chi connectivity index (χ1n) is 7.93. The van der Waals surface area contributed by atoms with Gasteiger partial charge in [0.1, 0.15) is 17.4 Å². The number of piperazine rings is 1. The highest BCUT2D eigenvalue weighted by molar-refractivity contribution is 5.35. The van der Waals surface area contributed by atoms with E-state index in [1.165, 1.54) is 12.1 Å². The standard InChI is InChI=1S/C17H21FN4O/c18-15-2-4-16(5-3-15)23-13-1-8-21-9-11-22(12-10-21)17-14-19-6-7-20-17/h2-7,14H,1,8-13H2. The van der Waals surface area contributed by atoms with Crippen LogP contribution < -0.4 is 9.64 Å². The Kier molecular flexibility index (Phi) is 5.37. The van der Waals surface area contributed by atoms with Crippen LogP contribution in [0.15, 0.2) is 42.9 Å². The molecule has 5 nitrogen and oxygen atoms in total. The lowest BCUT2D eigenvalue weighted by molar-refractivity contribution is 0.224. The van der Waals surface area contributed by atoms with Gasteiger partial charge in [-0.25, -0.2) is 9.37 Å². The molecule has 1 fully saturated rings. The smallest absolute Gasteiger partial charge is 0.147 e. The molecule has 1 aromatic heterocycles. The van der Waals surface area contributed by atoms with Gasteiger partial charge in [0.2, 0.25) is 0 Å². The van der Waals surface area contributed by atoms with Crippen molar-refractivity contribution in [3.63, 3.8) is 0 Å². The minimum absolute atomic E-state index is 0.238. The highest BCUT2D eigenvalue weighted by atomic mass is 19.1. The van der Waals surface area contributed by atoms with E-state index in [9.17, 15) is 4.39 Å². The minimum Gasteiger partial charge on any atom is -0.494 e. The monoisotopic (exact) mass is 316 g/mol. The topological polar surface area (TPSA) is 41.5 Å². The Labute approximate surface area is 135 Å². The molecule has 6 heteroatoms. The highest BCUT2D eigenvalue weighted by Gasteiger charge is 2.17. The van der Waals surface area contributed by atoms with Crippen molar-refractivity contribution in [2.24, 2.45) is 0 Å². The van der Waals surface area contributed by atoms with E-state index in [0.717, 1.165) is 50.7 Å². The minimum atomic E-state index is -0.238. The molecule has 0 unspecified atom stereocenters. The lowest BCUT2D eigenvalue weighted by Gasteiger charge is -2.35. The van der Waals surface area contributed by atoms with Gasteiger partial charge in [-0.1, -0.05) is 0 Å². The van der Waals surface area contributed by atoms with Crippen molar-refractivity contribution in [3.05, 3.63) is 48.7 Å². The van der Waals surface area contributed by atoms with Crippen LogP contribution in [0.4, 0.5) is 10.2 Å². The zero-order valence-corrected chi connectivity index (χ0v) is 13.1. The SMILES string of the molecule is Fc1ccc(OCCCN2CCN(c3cnccn3)CC2)cc1. The van der Waals surface area contributed by atoms with Crippen LogP contribution in [-0.2, 0) is 0 Å². The molecule has 0 radical (unpaired) electrons. The van der Waals surface area contributed by atoms with Crippen molar-refractivity contribution in [2.75, 3.05) is 44.2 Å². The van der Waals surface area contributed by atoms with Crippen LogP contribution in [0.25, 0.3) is 0 Å². The maximum absolute atomic E-state index is 12.8. The predicted molar refractivity (Wildman–Crippen MR) is 87.2 cm³/mol. The van der Waals surface area contributed by atoms with Gasteiger partial charge in [-0.2, -0.15) is 0 Å². The van der Waals surface area contributed by atoms with Gasteiger partial charge in [-0.3, -0.25) is 9.88 Å². The molecule has 1 saturated heterocycles. The van der Waals surface area contributed by atoms with Crippen molar-refractivity contribution < 1.29 is 9.13 Å². The van der Waals surface area contributed by atoms with Gasteiger partial charge in [0.15, 0.2) is 0 Å². The van der Waals surface area contributed by atoms with Crippen LogP contribution in [0, 0.1) is 5.82 Å². The summed E-state index contributed by atoms with van der Waals surface area (Å²) in [7, 11) is 0. The molecule has 0 N–H and O–H groups in total. The quantitative estimate of drug-likeness (QED) is 0.764. The Morgan fingerprint density at radius 3 is 2.52 bits per heavy atom. The molecule has 0 atom stereocenters. The van der Waals surface area contributed by atoms with Crippen LogP contribution in [-0.4, -0.2) is 54.2 Å². The van der Waals surface area contributed by atoms with E-state index in [1.807, 2.05) is 6.20 Å². The molecular weight excluding hydrogens is 295 g/mol. The lowest BCUT2D eigenvalue weighted by Crippen LogP contribution is -2.47. The largest absolute Gasteiger partial charge is 0.494 e. The number of ether oxygens (including phenoxy) is 1. The van der Waals surface area contributed by atoms with E-state index in [2.05, 4.69) is 19.8 Å². The summed E-state index contributed by atoms with van der Waals surface area (Å²) in [6.07, 6.45) is 6.20. The summed E-state index contributed by atoms with van der Waals surface area (Å²) in [5, 5.41) is 0. The number of anilines is 1. The van der Waals surface area contributed by atoms with Gasteiger partial charge in [0.05, 0.1) is 12.8 Å². The van der Waals surface area contributed by atoms with E-state index in [0.29, 0.717) is 6.61 Å². The van der Waals surface area contributed by atoms with Crippen molar-refractivity contribution in [3.8, 4) is 5.75 Å². The van der Waals surface area contributed by atoms with Crippen LogP contribution in [0.5, 0.6) is 5.75 Å². The molecule has 2 heterocycles. The summed E-state index contributed by atoms with van der Waals surface area (Å²) in [5.41, 5.74) is 0. The number of benzene rings is 1. The average molecular weight is 316 g/mol. The van der Waals surface area contributed by atoms with Crippen LogP contribution in [0.3, 0.4) is 0 Å². The number of rotatable bonds is 6. The van der Waals surface area contributed by atoms with E-state index >= 15 is 0 Å². The van der Waals surface area contributed by atoms with E-state index < -0.39 is 0 Å². The van der Waals surface area contributed by atoms with Gasteiger partial charge in [-0.15, -0.1) is 0 Å². The Balaban J connectivity index is 1.34. The van der Waals surface area contributed by atoms with E-state index in [-0.39, 0.29) is 5.82 Å². The Bertz CT molecular complexity index is 585. The summed E-state index contributed by atoms with van der Waals surface area (Å²) >= 11 is 0. The molecule has 1 aliphatic heterocycles. The molecular formula is C17H21FN4O. The van der Waals surface area contributed by atoms with Crippen LogP contribution in [0.2, 0.25) is 0 Å². The first-order valence-corrected chi connectivity index (χ1v) is 7.93. The molecule has 1 aromatic carbocycles. The molecule has 0 saturated carbocycles. The number of hydrogen-bond acceptors (Lipinski definition) is 5. The molecule has 0 aliphatic carbocycles. The van der Waals surface area contributed by atoms with Crippen molar-refractivity contribution >= 4 is 5.82 Å². The Hall–Kier alpha value is -2.21. The maximum Gasteiger partial charge on any atom is 0.147 e. The number of halogens is 1. The first-order chi connectivity index (χ1) is 11.3. The molecule has 2 aromatic rings. The average Bonchev–Trinajstić information content (AvgIpc) is 2.62. The second kappa shape index (κ2) is 7.87. The second-order valence-electron chi connectivity index (χ2n) is 5.55. The third-order valence-corrected chi connectivity index (χ3v) is 3.95. The van der Waals surface area contributed by atoms with Crippen molar-refractivity contribution in [2.45, 2.75) is 6.42 Å². The van der Waals surface area contributed by atoms with Gasteiger partial charge >= 0.3 is 0 Å². The third-order valence-electron chi connectivity index (χ3n) is 3.95. The number of nitrogens with zero attached hydrogens (tertiary/aromatic N) is 4. The Morgan fingerprint density at radius 1 is 1.04 bits per heavy atom. The van der Waals surface area contributed by atoms with E-state index in [1.54, 1.807) is 24.5 Å². The fourth-order valence-electron chi connectivity index (χ4n) is 2.66. The molecule has 1 aliphatic rings. The van der Waals surface area contributed by atoms with Crippen molar-refractivity contribution in [1.82, 2.24) is 14.9 Å². The number of hydrogen-bond donors (Lipinski definition) is 0. The highest BCUT2D eigenvalue weighted by Crippen LogP contribution is 2.13. The van der Waals surface area contributed by atoms with Crippen molar-refractivity contribution in [1.29, 1.82) is 0 Å². The summed E-state index contributed by atoms with van der Waals surface area (Å²) in [4.78, 5) is 13.2. The number of aromatic nitrogens is 2. The molecule has 0 spiro atoms. The van der Waals surface area contributed by atoms with Gasteiger partial charge in [-0.05, 0) is 30.7 Å². The maximum atomic E-state index is 12.8. The summed E-state index contributed by atoms with van der Waals surface area (Å²) in [5.74, 6) is 1.43. The van der Waals surface area contributed by atoms with Crippen LogP contribution in [0.1, 0.15) is 6.42 Å². The molecule has 0 bridgehead atoms. The van der Waals surface area contributed by atoms with E-state index in [4.69, 9.17) is 4.74 Å². The molecule has 122 valence electrons. The Morgan fingerprint density at radius 2 is 1.83 bits per heavy atom. The first kappa shape index (κ1) is 15.7. The predicted octanol–water partition coefficient (Wildman–Crippen LogP) is 2.21. The van der Waals surface area contributed by atoms with Gasteiger partial charge < -0.3 is 9.64 Å². The summed E-state index contributed by atoms with van der Waals surface area (Å²) in [6.45, 7) is 5.64. The lowest BCUT2D eigenvalue weighted by atomic mass is 10.3. The van der Waals surface area contributed by atoms with Gasteiger partial charge in [0, 0.05) is 45.1 Å². The molecule has 3 rings (SSSR count). The zero-order valence-electron chi connectivity index (χ0n) is 13.1. The van der Waals surface area contributed by atoms with Crippen LogP contribution >= 0.6 is 0 Å². The fraction of sp³-hybridized carbons (Fsp3) is 0.412. The zero-order chi connectivity index (χ0) is 15.9. The molecule has 0 amide bonds. The van der Waals surface area contributed by atoms with Gasteiger partial charge in [0.25, 0.3) is 0 Å². The summed E-state index contributed by atoms with van der Waals surface area (Å²) in [6, 6.07) is 6.16. The normalized spacial score (nSPS) is 15.6. The summed E-state index contributed by atoms with van der Waals surface area (Å²) < 4.78 is 18.4. The fourth-order valence-corrected chi connectivity index (χ4v) is 2.66. The third kappa shape index (κ3) is 4.63. The molecule has 23 heavy (non-hydrogen) atoms.